The molecule has 90 valence electrons. The molecule has 0 amide bonds. The molecule has 0 aromatic heterocycles. The Morgan fingerprint density at radius 1 is 1.35 bits per heavy atom. The normalized spacial score (nSPS) is 17.2. The standard InChI is InChI=1S/C11H14BrN5/c1-2-7-17-11(14-15-16-17)13-8-9-3-5-10(12)6-4-9/h2-6,15-16H,1,7-8H2,(H,13,14). The van der Waals surface area contributed by atoms with Crippen LogP contribution in [0.15, 0.2) is 46.4 Å². The van der Waals surface area contributed by atoms with E-state index >= 15 is 0 Å². The minimum Gasteiger partial charge on any atom is -0.275 e. The van der Waals surface area contributed by atoms with Gasteiger partial charge in [0.15, 0.2) is 0 Å². The molecule has 1 heterocycles. The number of hydrazine groups is 3. The number of guanidine groups is 1. The third-order valence-corrected chi connectivity index (χ3v) is 2.79. The fourth-order valence-corrected chi connectivity index (χ4v) is 1.68. The van der Waals surface area contributed by atoms with E-state index in [0.29, 0.717) is 13.1 Å². The number of halogens is 1. The highest BCUT2D eigenvalue weighted by Crippen LogP contribution is 2.11. The van der Waals surface area contributed by atoms with Crippen LogP contribution in [0.25, 0.3) is 0 Å². The van der Waals surface area contributed by atoms with Gasteiger partial charge in [-0.1, -0.05) is 34.1 Å². The average Bonchev–Trinajstić information content (AvgIpc) is 2.77. The van der Waals surface area contributed by atoms with E-state index in [1.165, 1.54) is 0 Å². The molecule has 0 atom stereocenters. The Bertz CT molecular complexity index is 414. The SMILES string of the molecule is C=CCN1NNNC1=NCc1ccc(Br)cc1. The van der Waals surface area contributed by atoms with Crippen LogP contribution in [0.2, 0.25) is 0 Å². The first-order valence-electron chi connectivity index (χ1n) is 5.23. The predicted octanol–water partition coefficient (Wildman–Crippen LogP) is 1.32. The summed E-state index contributed by atoms with van der Waals surface area (Å²) in [4.78, 5) is 4.47. The summed E-state index contributed by atoms with van der Waals surface area (Å²) in [5, 5.41) is 1.84. The van der Waals surface area contributed by atoms with Gasteiger partial charge in [-0.05, 0) is 17.7 Å². The third-order valence-electron chi connectivity index (χ3n) is 2.26. The Morgan fingerprint density at radius 3 is 2.82 bits per heavy atom. The van der Waals surface area contributed by atoms with Crippen LogP contribution in [0.4, 0.5) is 0 Å². The van der Waals surface area contributed by atoms with Crippen molar-refractivity contribution < 1.29 is 0 Å². The van der Waals surface area contributed by atoms with Gasteiger partial charge < -0.3 is 0 Å². The summed E-state index contributed by atoms with van der Waals surface area (Å²) in [5.74, 6) is 0.757. The first-order valence-corrected chi connectivity index (χ1v) is 6.03. The minimum atomic E-state index is 0.632. The van der Waals surface area contributed by atoms with E-state index in [9.17, 15) is 0 Å². The van der Waals surface area contributed by atoms with E-state index < -0.39 is 0 Å². The van der Waals surface area contributed by atoms with E-state index in [-0.39, 0.29) is 0 Å². The van der Waals surface area contributed by atoms with Gasteiger partial charge in [-0.15, -0.1) is 12.1 Å². The number of rotatable bonds is 4. The molecule has 3 N–H and O–H groups in total. The molecule has 6 heteroatoms. The van der Waals surface area contributed by atoms with Crippen molar-refractivity contribution in [3.8, 4) is 0 Å². The zero-order chi connectivity index (χ0) is 12.1. The molecule has 0 bridgehead atoms. The lowest BCUT2D eigenvalue weighted by Gasteiger charge is -2.12. The summed E-state index contributed by atoms with van der Waals surface area (Å²) in [6, 6.07) is 8.11. The molecular formula is C11H14BrN5. The Hall–Kier alpha value is -1.37. The van der Waals surface area contributed by atoms with Gasteiger partial charge in [0.2, 0.25) is 5.96 Å². The second kappa shape index (κ2) is 5.81. The number of benzene rings is 1. The molecule has 0 spiro atoms. The Kier molecular flexibility index (Phi) is 4.13. The molecular weight excluding hydrogens is 282 g/mol. The van der Waals surface area contributed by atoms with Crippen molar-refractivity contribution in [2.45, 2.75) is 6.54 Å². The van der Waals surface area contributed by atoms with Crippen LogP contribution < -0.4 is 16.5 Å². The number of aliphatic imine (C=N–C) groups is 1. The van der Waals surface area contributed by atoms with Crippen LogP contribution in [-0.2, 0) is 6.54 Å². The summed E-state index contributed by atoms with van der Waals surface area (Å²) < 4.78 is 1.07. The fraction of sp³-hybridized carbons (Fsp3) is 0.182. The minimum absolute atomic E-state index is 0.632. The first kappa shape index (κ1) is 12.1. The van der Waals surface area contributed by atoms with Crippen LogP contribution in [0.5, 0.6) is 0 Å². The number of nitrogens with zero attached hydrogens (tertiary/aromatic N) is 2. The van der Waals surface area contributed by atoms with Crippen LogP contribution in [0.1, 0.15) is 5.56 Å². The number of nitrogens with one attached hydrogen (secondary N) is 3. The maximum atomic E-state index is 4.47. The summed E-state index contributed by atoms with van der Waals surface area (Å²) >= 11 is 3.41. The molecule has 5 nitrogen and oxygen atoms in total. The Balaban J connectivity index is 1.99. The third kappa shape index (κ3) is 3.29. The Morgan fingerprint density at radius 2 is 2.12 bits per heavy atom. The van der Waals surface area contributed by atoms with Crippen molar-refractivity contribution in [3.63, 3.8) is 0 Å². The quantitative estimate of drug-likeness (QED) is 0.734. The van der Waals surface area contributed by atoms with Crippen LogP contribution in [-0.4, -0.2) is 17.5 Å². The van der Waals surface area contributed by atoms with Crippen molar-refractivity contribution in [1.82, 2.24) is 21.5 Å². The maximum Gasteiger partial charge on any atom is 0.226 e. The Labute approximate surface area is 109 Å². The van der Waals surface area contributed by atoms with Crippen LogP contribution in [0.3, 0.4) is 0 Å². The molecule has 2 rings (SSSR count). The van der Waals surface area contributed by atoms with Gasteiger partial charge in [0.1, 0.15) is 0 Å². The maximum absolute atomic E-state index is 4.47. The predicted molar refractivity (Wildman–Crippen MR) is 71.6 cm³/mol. The van der Waals surface area contributed by atoms with Gasteiger partial charge in [-0.3, -0.25) is 10.4 Å². The van der Waals surface area contributed by atoms with Gasteiger partial charge in [-0.25, -0.2) is 4.99 Å². The molecule has 0 saturated carbocycles. The lowest BCUT2D eigenvalue weighted by molar-refractivity contribution is 0.327. The zero-order valence-corrected chi connectivity index (χ0v) is 10.9. The van der Waals surface area contributed by atoms with E-state index in [0.717, 1.165) is 16.0 Å². The van der Waals surface area contributed by atoms with Crippen molar-refractivity contribution in [2.24, 2.45) is 4.99 Å². The molecule has 1 aliphatic heterocycles. The molecule has 0 aliphatic carbocycles. The first-order chi connectivity index (χ1) is 8.29. The smallest absolute Gasteiger partial charge is 0.226 e. The number of hydrogen-bond acceptors (Lipinski definition) is 3. The zero-order valence-electron chi connectivity index (χ0n) is 9.28. The summed E-state index contributed by atoms with van der Waals surface area (Å²) in [6.45, 7) is 5.00. The van der Waals surface area contributed by atoms with E-state index in [1.807, 2.05) is 29.3 Å². The molecule has 0 unspecified atom stereocenters. The molecule has 0 radical (unpaired) electrons. The molecule has 1 fully saturated rings. The van der Waals surface area contributed by atoms with E-state index in [2.05, 4.69) is 44.0 Å². The molecule has 1 aliphatic rings. The van der Waals surface area contributed by atoms with E-state index in [1.54, 1.807) is 6.08 Å². The van der Waals surface area contributed by atoms with Crippen LogP contribution >= 0.6 is 15.9 Å². The van der Waals surface area contributed by atoms with Gasteiger partial charge >= 0.3 is 0 Å². The van der Waals surface area contributed by atoms with E-state index in [4.69, 9.17) is 0 Å². The molecule has 1 saturated heterocycles. The lowest BCUT2D eigenvalue weighted by atomic mass is 10.2. The van der Waals surface area contributed by atoms with Gasteiger partial charge in [-0.2, -0.15) is 5.53 Å². The molecule has 1 aromatic carbocycles. The van der Waals surface area contributed by atoms with Gasteiger partial charge in [0.25, 0.3) is 0 Å². The van der Waals surface area contributed by atoms with Crippen molar-refractivity contribution in [1.29, 1.82) is 0 Å². The van der Waals surface area contributed by atoms with Crippen molar-refractivity contribution in [3.05, 3.63) is 47.0 Å². The molecule has 1 aromatic rings. The summed E-state index contributed by atoms with van der Waals surface area (Å²) in [5.41, 5.74) is 9.80. The van der Waals surface area contributed by atoms with Crippen molar-refractivity contribution in [2.75, 3.05) is 6.54 Å². The second-order valence-electron chi connectivity index (χ2n) is 3.53. The second-order valence-corrected chi connectivity index (χ2v) is 4.44. The topological polar surface area (TPSA) is 51.7 Å². The fourth-order valence-electron chi connectivity index (χ4n) is 1.41. The lowest BCUT2D eigenvalue weighted by Crippen LogP contribution is -2.37. The van der Waals surface area contributed by atoms with Crippen LogP contribution in [0, 0.1) is 0 Å². The summed E-state index contributed by atoms with van der Waals surface area (Å²) in [6.07, 6.45) is 1.80. The molecule has 17 heavy (non-hydrogen) atoms. The van der Waals surface area contributed by atoms with Gasteiger partial charge in [0.05, 0.1) is 13.1 Å². The highest BCUT2D eigenvalue weighted by atomic mass is 79.9. The highest BCUT2D eigenvalue weighted by molar-refractivity contribution is 9.10. The largest absolute Gasteiger partial charge is 0.275 e. The average molecular weight is 296 g/mol. The van der Waals surface area contributed by atoms with Gasteiger partial charge in [0, 0.05) is 4.47 Å². The van der Waals surface area contributed by atoms with Crippen molar-refractivity contribution >= 4 is 21.9 Å². The summed E-state index contributed by atoms with van der Waals surface area (Å²) in [7, 11) is 0. The monoisotopic (exact) mass is 295 g/mol. The number of hydrogen-bond donors (Lipinski definition) is 3. The highest BCUT2D eigenvalue weighted by Gasteiger charge is 2.14.